The number of hydrogen-bond acceptors (Lipinski definition) is 8. The van der Waals surface area contributed by atoms with E-state index in [1.807, 2.05) is 0 Å². The second-order valence-electron chi connectivity index (χ2n) is 3.47. The average Bonchev–Trinajstić information content (AvgIpc) is 2.27. The molecule has 7 N–H and O–H groups in total. The zero-order chi connectivity index (χ0) is 14.3. The Hall–Kier alpha value is -0.380. The number of amides is 1. The van der Waals surface area contributed by atoms with Crippen LogP contribution in [0.25, 0.3) is 0 Å². The second kappa shape index (κ2) is 8.68. The van der Waals surface area contributed by atoms with Crippen molar-refractivity contribution in [3.8, 4) is 0 Å². The fourth-order valence-electron chi connectivity index (χ4n) is 1.25. The molecule has 10 heteroatoms. The van der Waals surface area contributed by atoms with E-state index in [2.05, 4.69) is 9.84 Å². The van der Waals surface area contributed by atoms with Crippen LogP contribution in [0.3, 0.4) is 0 Å². The van der Waals surface area contributed by atoms with Crippen molar-refractivity contribution in [3.05, 3.63) is 0 Å². The quantitative estimate of drug-likeness (QED) is 0.209. The highest BCUT2D eigenvalue weighted by Crippen LogP contribution is 2.28. The smallest absolute Gasteiger partial charge is 0.329 e. The number of ether oxygens (including phenoxy) is 1. The van der Waals surface area contributed by atoms with Gasteiger partial charge in [-0.3, -0.25) is 9.32 Å². The number of nitrogens with two attached hydrogens (primary N) is 1. The van der Waals surface area contributed by atoms with Gasteiger partial charge in [0.2, 0.25) is 5.91 Å². The van der Waals surface area contributed by atoms with Gasteiger partial charge in [0.25, 0.3) is 0 Å². The lowest BCUT2D eigenvalue weighted by atomic mass is 10.1. The van der Waals surface area contributed by atoms with E-state index in [0.29, 0.717) is 0 Å². The number of nitrogens with one attached hydrogen (secondary N) is 1. The van der Waals surface area contributed by atoms with Crippen molar-refractivity contribution in [1.82, 2.24) is 5.32 Å². The number of methoxy groups -OCH3 is 1. The molecule has 4 unspecified atom stereocenters. The van der Waals surface area contributed by atoms with Crippen LogP contribution in [0.1, 0.15) is 6.92 Å². The van der Waals surface area contributed by atoms with Crippen LogP contribution in [0, 0.1) is 0 Å². The molecule has 0 fully saturated rings. The van der Waals surface area contributed by atoms with Crippen LogP contribution in [-0.2, 0) is 14.1 Å². The molecule has 1 amide bonds. The lowest BCUT2D eigenvalue weighted by molar-refractivity contribution is -0.133. The van der Waals surface area contributed by atoms with Gasteiger partial charge in [0.1, 0.15) is 12.2 Å². The van der Waals surface area contributed by atoms with Gasteiger partial charge in [-0.1, -0.05) is 0 Å². The molecule has 18 heavy (non-hydrogen) atoms. The first-order valence-electron chi connectivity index (χ1n) is 5.04. The molecule has 0 rings (SSSR count). The van der Waals surface area contributed by atoms with Crippen LogP contribution < -0.4 is 11.1 Å². The first-order chi connectivity index (χ1) is 8.33. The maximum absolute atomic E-state index is 10.9. The maximum Gasteiger partial charge on any atom is 0.329 e. The van der Waals surface area contributed by atoms with Gasteiger partial charge in [-0.25, -0.2) is 0 Å². The van der Waals surface area contributed by atoms with Crippen molar-refractivity contribution < 1.29 is 34.1 Å². The number of carbonyl (C=O) groups is 1. The Labute approximate surface area is 106 Å². The van der Waals surface area contributed by atoms with Crippen LogP contribution in [0.4, 0.5) is 0 Å². The fraction of sp³-hybridized carbons (Fsp3) is 0.875. The van der Waals surface area contributed by atoms with Crippen LogP contribution in [0.2, 0.25) is 0 Å². The largest absolute Gasteiger partial charge is 0.387 e. The molecule has 0 aromatic carbocycles. The number of aliphatic hydroxyl groups excluding tert-OH is 2. The third kappa shape index (κ3) is 5.98. The molecular formula is C8H19N2O7P. The monoisotopic (exact) mass is 286 g/mol. The van der Waals surface area contributed by atoms with Gasteiger partial charge >= 0.3 is 8.60 Å². The van der Waals surface area contributed by atoms with E-state index >= 15 is 0 Å². The van der Waals surface area contributed by atoms with E-state index in [4.69, 9.17) is 20.3 Å². The molecule has 4 atom stereocenters. The molecule has 0 radical (unpaired) electrons. The molecule has 0 aliphatic carbocycles. The van der Waals surface area contributed by atoms with Gasteiger partial charge in [-0.2, -0.15) is 0 Å². The molecule has 0 saturated heterocycles. The Balaban J connectivity index is 4.70. The van der Waals surface area contributed by atoms with Gasteiger partial charge in [0, 0.05) is 20.6 Å². The summed E-state index contributed by atoms with van der Waals surface area (Å²) in [6.45, 7) is 1.07. The molecule has 0 heterocycles. The highest BCUT2D eigenvalue weighted by Gasteiger charge is 2.34. The average molecular weight is 286 g/mol. The van der Waals surface area contributed by atoms with Crippen molar-refractivity contribution in [2.75, 3.05) is 13.7 Å². The summed E-state index contributed by atoms with van der Waals surface area (Å²) >= 11 is 0. The van der Waals surface area contributed by atoms with Crippen molar-refractivity contribution in [2.24, 2.45) is 5.73 Å². The highest BCUT2D eigenvalue weighted by molar-refractivity contribution is 7.39. The zero-order valence-electron chi connectivity index (χ0n) is 10.1. The predicted molar refractivity (Wildman–Crippen MR) is 61.9 cm³/mol. The third-order valence-corrected chi connectivity index (χ3v) is 2.55. The summed E-state index contributed by atoms with van der Waals surface area (Å²) in [5.74, 6) is -0.579. The Kier molecular flexibility index (Phi) is 8.49. The summed E-state index contributed by atoms with van der Waals surface area (Å²) < 4.78 is 9.34. The van der Waals surface area contributed by atoms with Gasteiger partial charge in [0.15, 0.2) is 6.23 Å². The fourth-order valence-corrected chi connectivity index (χ4v) is 1.63. The molecule has 0 spiro atoms. The van der Waals surface area contributed by atoms with E-state index in [-0.39, 0.29) is 6.54 Å². The van der Waals surface area contributed by atoms with Crippen molar-refractivity contribution in [3.63, 3.8) is 0 Å². The molecule has 0 aromatic rings. The normalized spacial score (nSPS) is 18.2. The minimum absolute atomic E-state index is 0.0749. The molecule has 0 aliphatic heterocycles. The Morgan fingerprint density at radius 1 is 1.39 bits per heavy atom. The van der Waals surface area contributed by atoms with E-state index in [0.717, 1.165) is 6.92 Å². The number of carbonyl (C=O) groups excluding carboxylic acids is 1. The summed E-state index contributed by atoms with van der Waals surface area (Å²) in [6.07, 6.45) is -5.47. The van der Waals surface area contributed by atoms with Crippen molar-refractivity contribution >= 4 is 14.5 Å². The predicted octanol–water partition coefficient (Wildman–Crippen LogP) is -2.63. The molecular weight excluding hydrogens is 267 g/mol. The summed E-state index contributed by atoms with van der Waals surface area (Å²) in [5.41, 5.74) is 5.31. The van der Waals surface area contributed by atoms with E-state index in [9.17, 15) is 15.0 Å². The Morgan fingerprint density at radius 2 is 1.94 bits per heavy atom. The number of hydrogen-bond donors (Lipinski definition) is 6. The van der Waals surface area contributed by atoms with Gasteiger partial charge in [-0.05, 0) is 0 Å². The highest BCUT2D eigenvalue weighted by atomic mass is 31.2. The zero-order valence-corrected chi connectivity index (χ0v) is 10.9. The van der Waals surface area contributed by atoms with Crippen LogP contribution in [0.5, 0.6) is 0 Å². The Bertz CT molecular complexity index is 252. The molecule has 108 valence electrons. The molecule has 0 aromatic heterocycles. The minimum Gasteiger partial charge on any atom is -0.387 e. The summed E-state index contributed by atoms with van der Waals surface area (Å²) in [6, 6.07) is 0. The maximum atomic E-state index is 10.9. The van der Waals surface area contributed by atoms with Crippen LogP contribution >= 0.6 is 8.60 Å². The summed E-state index contributed by atoms with van der Waals surface area (Å²) in [5, 5.41) is 21.6. The van der Waals surface area contributed by atoms with E-state index in [1.165, 1.54) is 7.11 Å². The van der Waals surface area contributed by atoms with Gasteiger partial charge in [-0.15, -0.1) is 0 Å². The number of rotatable bonds is 8. The third-order valence-electron chi connectivity index (χ3n) is 2.13. The molecule has 0 aliphatic rings. The first kappa shape index (κ1) is 17.6. The van der Waals surface area contributed by atoms with Crippen LogP contribution in [-0.4, -0.2) is 64.1 Å². The van der Waals surface area contributed by atoms with Crippen molar-refractivity contribution in [1.29, 1.82) is 0 Å². The van der Waals surface area contributed by atoms with Crippen LogP contribution in [0.15, 0.2) is 0 Å². The standard InChI is InChI=1S/C8H19N2O7P/c1-4(11)10-8(17-18(14)15)7(13)6(12)5(3-9)16-2/h5-8,12-15H,3,9H2,1-2H3,(H,10,11). The molecule has 0 saturated carbocycles. The number of aliphatic hydroxyl groups is 2. The second-order valence-corrected chi connectivity index (χ2v) is 4.19. The topological polar surface area (TPSA) is 154 Å². The minimum atomic E-state index is -2.81. The summed E-state index contributed by atoms with van der Waals surface area (Å²) in [4.78, 5) is 28.3. The first-order valence-corrected chi connectivity index (χ1v) is 6.20. The van der Waals surface area contributed by atoms with Gasteiger partial charge in [0.05, 0.1) is 6.10 Å². The SMILES string of the molecule is COC(CN)C(O)C(O)C(NC(C)=O)OP(O)O. The summed E-state index contributed by atoms with van der Waals surface area (Å²) in [7, 11) is -1.53. The molecule has 9 nitrogen and oxygen atoms in total. The van der Waals surface area contributed by atoms with Gasteiger partial charge < -0.3 is 35.8 Å². The molecule has 0 bridgehead atoms. The Morgan fingerprint density at radius 3 is 2.28 bits per heavy atom. The van der Waals surface area contributed by atoms with E-state index < -0.39 is 39.0 Å². The van der Waals surface area contributed by atoms with E-state index in [1.54, 1.807) is 0 Å². The lowest BCUT2D eigenvalue weighted by Gasteiger charge is -2.30. The van der Waals surface area contributed by atoms with Crippen molar-refractivity contribution in [2.45, 2.75) is 31.5 Å². The lowest BCUT2D eigenvalue weighted by Crippen LogP contribution is -2.54.